The zero-order valence-corrected chi connectivity index (χ0v) is 14.3. The Kier molecular flexibility index (Phi) is 5.37. The number of nitrogens with one attached hydrogen (secondary N) is 1. The zero-order chi connectivity index (χ0) is 18.4. The zero-order valence-electron chi connectivity index (χ0n) is 14.3. The third-order valence-corrected chi connectivity index (χ3v) is 3.52. The van der Waals surface area contributed by atoms with Gasteiger partial charge in [0.05, 0.1) is 19.3 Å². The highest BCUT2D eigenvalue weighted by Gasteiger charge is 2.08. The van der Waals surface area contributed by atoms with Crippen molar-refractivity contribution in [1.29, 1.82) is 0 Å². The Bertz CT molecular complexity index is 880. The molecule has 0 fully saturated rings. The molecule has 134 valence electrons. The van der Waals surface area contributed by atoms with Gasteiger partial charge in [0.15, 0.2) is 6.61 Å². The molecule has 0 spiro atoms. The molecule has 2 aromatic heterocycles. The summed E-state index contributed by atoms with van der Waals surface area (Å²) < 4.78 is 7.00. The minimum Gasteiger partial charge on any atom is -0.484 e. The van der Waals surface area contributed by atoms with Crippen LogP contribution in [-0.2, 0) is 17.9 Å². The second-order valence-corrected chi connectivity index (χ2v) is 5.61. The third kappa shape index (κ3) is 4.76. The topological polar surface area (TPSA) is 121 Å². The number of nitrogens with zero attached hydrogens (tertiary/aromatic N) is 5. The molecule has 0 aliphatic carbocycles. The van der Waals surface area contributed by atoms with Crippen molar-refractivity contribution in [3.8, 4) is 5.75 Å². The average molecular weight is 353 g/mol. The number of para-hydroxylation sites is 1. The van der Waals surface area contributed by atoms with Gasteiger partial charge in [-0.3, -0.25) is 4.79 Å². The number of carbonyl (C=O) groups is 1. The van der Waals surface area contributed by atoms with Gasteiger partial charge in [0.1, 0.15) is 23.1 Å². The summed E-state index contributed by atoms with van der Waals surface area (Å²) in [6, 6.07) is 9.15. The summed E-state index contributed by atoms with van der Waals surface area (Å²) in [6.07, 6.45) is 3.40. The predicted molar refractivity (Wildman–Crippen MR) is 94.1 cm³/mol. The van der Waals surface area contributed by atoms with Crippen LogP contribution in [0.5, 0.6) is 5.75 Å². The summed E-state index contributed by atoms with van der Waals surface area (Å²) in [4.78, 5) is 20.1. The molecule has 1 aromatic carbocycles. The fraction of sp³-hybridized carbons (Fsp3) is 0.235. The Labute approximate surface area is 150 Å². The average Bonchev–Trinajstić information content (AvgIpc) is 3.09. The van der Waals surface area contributed by atoms with E-state index in [0.717, 1.165) is 5.56 Å². The van der Waals surface area contributed by atoms with Gasteiger partial charge in [-0.1, -0.05) is 23.4 Å². The van der Waals surface area contributed by atoms with E-state index in [4.69, 9.17) is 10.5 Å². The molecule has 9 nitrogen and oxygen atoms in total. The Balaban J connectivity index is 1.48. The first-order valence-electron chi connectivity index (χ1n) is 8.01. The van der Waals surface area contributed by atoms with Crippen molar-refractivity contribution in [3.05, 3.63) is 59.8 Å². The van der Waals surface area contributed by atoms with E-state index in [0.29, 0.717) is 29.6 Å². The summed E-state index contributed by atoms with van der Waals surface area (Å²) in [5, 5.41) is 10.8. The Hall–Kier alpha value is -3.49. The summed E-state index contributed by atoms with van der Waals surface area (Å²) in [6.45, 7) is 2.38. The maximum atomic E-state index is 11.8. The lowest BCUT2D eigenvalue weighted by Gasteiger charge is -2.06. The highest BCUT2D eigenvalue weighted by atomic mass is 16.5. The fourth-order valence-corrected chi connectivity index (χ4v) is 2.21. The van der Waals surface area contributed by atoms with E-state index in [1.165, 1.54) is 0 Å². The second-order valence-electron chi connectivity index (χ2n) is 5.61. The van der Waals surface area contributed by atoms with Crippen LogP contribution in [0.15, 0.2) is 42.7 Å². The van der Waals surface area contributed by atoms with E-state index in [2.05, 4.69) is 25.6 Å². The predicted octanol–water partition coefficient (Wildman–Crippen LogP) is 0.702. The van der Waals surface area contributed by atoms with Crippen LogP contribution in [0, 0.1) is 6.92 Å². The molecule has 0 atom stereocenters. The summed E-state index contributed by atoms with van der Waals surface area (Å²) in [5.41, 5.74) is 7.26. The molecule has 3 aromatic rings. The van der Waals surface area contributed by atoms with Crippen molar-refractivity contribution in [2.24, 2.45) is 0 Å². The minimum atomic E-state index is -0.236. The van der Waals surface area contributed by atoms with E-state index in [-0.39, 0.29) is 19.1 Å². The van der Waals surface area contributed by atoms with Crippen molar-refractivity contribution >= 4 is 11.7 Å². The van der Waals surface area contributed by atoms with E-state index < -0.39 is 0 Å². The first-order chi connectivity index (χ1) is 12.6. The van der Waals surface area contributed by atoms with Crippen LogP contribution in [0.4, 0.5) is 5.82 Å². The number of nitrogens with two attached hydrogens (primary N) is 1. The second kappa shape index (κ2) is 8.06. The van der Waals surface area contributed by atoms with Crippen LogP contribution in [0.2, 0.25) is 0 Å². The highest BCUT2D eigenvalue weighted by molar-refractivity contribution is 5.77. The summed E-state index contributed by atoms with van der Waals surface area (Å²) in [5.74, 6) is 1.44. The van der Waals surface area contributed by atoms with Gasteiger partial charge < -0.3 is 15.8 Å². The molecular weight excluding hydrogens is 334 g/mol. The van der Waals surface area contributed by atoms with Crippen LogP contribution < -0.4 is 15.8 Å². The summed E-state index contributed by atoms with van der Waals surface area (Å²) >= 11 is 0. The molecule has 0 saturated heterocycles. The van der Waals surface area contributed by atoms with Gasteiger partial charge in [0, 0.05) is 11.8 Å². The van der Waals surface area contributed by atoms with Crippen LogP contribution in [-0.4, -0.2) is 37.5 Å². The van der Waals surface area contributed by atoms with E-state index >= 15 is 0 Å². The van der Waals surface area contributed by atoms with Crippen molar-refractivity contribution in [1.82, 2.24) is 30.3 Å². The molecule has 0 saturated carbocycles. The molecule has 3 N–H and O–H groups in total. The van der Waals surface area contributed by atoms with Gasteiger partial charge in [-0.05, 0) is 19.1 Å². The first kappa shape index (κ1) is 17.3. The lowest BCUT2D eigenvalue weighted by Crippen LogP contribution is -2.28. The van der Waals surface area contributed by atoms with Gasteiger partial charge in [0.25, 0.3) is 5.91 Å². The van der Waals surface area contributed by atoms with Gasteiger partial charge in [0.2, 0.25) is 0 Å². The minimum absolute atomic E-state index is 0.0601. The number of amides is 1. The number of ether oxygens (including phenoxy) is 1. The number of nitrogen functional groups attached to an aromatic ring is 1. The lowest BCUT2D eigenvalue weighted by atomic mass is 10.3. The molecular formula is C17H19N7O2. The van der Waals surface area contributed by atoms with Crippen LogP contribution in [0.1, 0.15) is 17.1 Å². The van der Waals surface area contributed by atoms with E-state index in [9.17, 15) is 4.79 Å². The monoisotopic (exact) mass is 353 g/mol. The van der Waals surface area contributed by atoms with Crippen LogP contribution >= 0.6 is 0 Å². The molecule has 0 aliphatic rings. The molecule has 9 heteroatoms. The Morgan fingerprint density at radius 1 is 1.31 bits per heavy atom. The number of benzene rings is 1. The molecule has 1 amide bonds. The molecule has 0 aliphatic heterocycles. The fourth-order valence-electron chi connectivity index (χ4n) is 2.21. The van der Waals surface area contributed by atoms with Crippen molar-refractivity contribution in [3.63, 3.8) is 0 Å². The normalized spacial score (nSPS) is 10.5. The maximum absolute atomic E-state index is 11.8. The molecule has 0 unspecified atom stereocenters. The maximum Gasteiger partial charge on any atom is 0.258 e. The highest BCUT2D eigenvalue weighted by Crippen LogP contribution is 2.09. The van der Waals surface area contributed by atoms with E-state index in [1.807, 2.05) is 18.2 Å². The van der Waals surface area contributed by atoms with Crippen LogP contribution in [0.25, 0.3) is 0 Å². The van der Waals surface area contributed by atoms with Gasteiger partial charge >= 0.3 is 0 Å². The van der Waals surface area contributed by atoms with Gasteiger partial charge in [-0.25, -0.2) is 14.6 Å². The standard InChI is InChI=1S/C17H19N7O2/c1-12-19-7-13(17(18)21-12)9-24-10-14(22-23-24)8-20-16(25)11-26-15-5-3-2-4-6-15/h2-7,10H,8-9,11H2,1H3,(H,20,25)(H2,18,19,21). The first-order valence-corrected chi connectivity index (χ1v) is 8.01. The number of aryl methyl sites for hydroxylation is 1. The quantitative estimate of drug-likeness (QED) is 0.641. The van der Waals surface area contributed by atoms with Crippen molar-refractivity contribution < 1.29 is 9.53 Å². The Morgan fingerprint density at radius 2 is 2.12 bits per heavy atom. The SMILES string of the molecule is Cc1ncc(Cn2cc(CNC(=O)COc3ccccc3)nn2)c(N)n1. The summed E-state index contributed by atoms with van der Waals surface area (Å²) in [7, 11) is 0. The van der Waals surface area contributed by atoms with Crippen LogP contribution in [0.3, 0.4) is 0 Å². The Morgan fingerprint density at radius 3 is 2.88 bits per heavy atom. The molecule has 26 heavy (non-hydrogen) atoms. The number of anilines is 1. The van der Waals surface area contributed by atoms with Gasteiger partial charge in [-0.15, -0.1) is 5.10 Å². The number of hydrogen-bond donors (Lipinski definition) is 2. The molecule has 2 heterocycles. The third-order valence-electron chi connectivity index (χ3n) is 3.52. The van der Waals surface area contributed by atoms with E-state index in [1.54, 1.807) is 36.1 Å². The number of aromatic nitrogens is 5. The number of carbonyl (C=O) groups excluding carboxylic acids is 1. The van der Waals surface area contributed by atoms with Crippen molar-refractivity contribution in [2.45, 2.75) is 20.0 Å². The number of hydrogen-bond acceptors (Lipinski definition) is 7. The van der Waals surface area contributed by atoms with Gasteiger partial charge in [-0.2, -0.15) is 0 Å². The molecule has 0 bridgehead atoms. The smallest absolute Gasteiger partial charge is 0.258 e. The molecule has 0 radical (unpaired) electrons. The number of rotatable bonds is 7. The largest absolute Gasteiger partial charge is 0.484 e. The van der Waals surface area contributed by atoms with Crippen molar-refractivity contribution in [2.75, 3.05) is 12.3 Å². The molecule has 3 rings (SSSR count). The lowest BCUT2D eigenvalue weighted by molar-refractivity contribution is -0.123.